The van der Waals surface area contributed by atoms with E-state index in [0.717, 1.165) is 15.7 Å². The van der Waals surface area contributed by atoms with Gasteiger partial charge in [0.1, 0.15) is 20.8 Å². The van der Waals surface area contributed by atoms with Gasteiger partial charge in [0.05, 0.1) is 22.0 Å². The summed E-state index contributed by atoms with van der Waals surface area (Å²) >= 11 is 11.2. The number of ether oxygens (including phenoxy) is 1. The second-order valence-corrected chi connectivity index (χ2v) is 15.0. The zero-order valence-electron chi connectivity index (χ0n) is 14.7. The number of rotatable bonds is 6. The van der Waals surface area contributed by atoms with Crippen molar-refractivity contribution < 1.29 is 35.1 Å². The molecule has 0 bridgehead atoms. The van der Waals surface area contributed by atoms with E-state index in [-0.39, 0.29) is 29.8 Å². The van der Waals surface area contributed by atoms with Gasteiger partial charge >= 0.3 is 16.1 Å². The molecule has 2 aromatic carbocycles. The van der Waals surface area contributed by atoms with Gasteiger partial charge in [-0.1, -0.05) is 0 Å². The van der Waals surface area contributed by atoms with Crippen LogP contribution < -0.4 is 4.18 Å². The molecule has 0 saturated heterocycles. The molecule has 0 fully saturated rings. The molecule has 0 atom stereocenters. The van der Waals surface area contributed by atoms with Crippen molar-refractivity contribution in [3.8, 4) is 5.75 Å². The summed E-state index contributed by atoms with van der Waals surface area (Å²) in [6.45, 7) is 0. The Morgan fingerprint density at radius 1 is 0.871 bits per heavy atom. The average molecular weight is 1140 g/mol. The third-order valence-electron chi connectivity index (χ3n) is 3.54. The van der Waals surface area contributed by atoms with Gasteiger partial charge in [0, 0.05) is 23.4 Å². The quantitative estimate of drug-likeness (QED) is 0.102. The summed E-state index contributed by atoms with van der Waals surface area (Å²) in [5, 5.41) is 0. The van der Waals surface area contributed by atoms with Crippen molar-refractivity contribution in [1.82, 2.24) is 0 Å². The van der Waals surface area contributed by atoms with Gasteiger partial charge in [0.2, 0.25) is 0 Å². The molecule has 0 aliphatic rings. The molecule has 0 N–H and O–H groups in total. The van der Waals surface area contributed by atoms with Crippen LogP contribution in [-0.4, -0.2) is 34.5 Å². The zero-order valence-corrected chi connectivity index (χ0v) is 29.3. The van der Waals surface area contributed by atoms with E-state index >= 15 is 0 Å². The Kier molecular flexibility index (Phi) is 10.7. The number of hydrogen-bond acceptors (Lipinski definition) is 8. The predicted octanol–water partition coefficient (Wildman–Crippen LogP) is 4.70. The number of carbonyl (C=O) groups excluding carboxylic acids is 1. The summed E-state index contributed by atoms with van der Waals surface area (Å²) in [6, 6.07) is 2.31. The highest BCUT2D eigenvalue weighted by molar-refractivity contribution is 14.1. The molecule has 8 nitrogen and oxygen atoms in total. The minimum absolute atomic E-state index is 0.0287. The normalized spacial score (nSPS) is 12.0. The van der Waals surface area contributed by atoms with Crippen LogP contribution in [0.2, 0.25) is 0 Å². The highest BCUT2D eigenvalue weighted by Crippen LogP contribution is 2.38. The fourth-order valence-corrected chi connectivity index (χ4v) is 12.1. The molecule has 0 aliphatic carbocycles. The summed E-state index contributed by atoms with van der Waals surface area (Å²) in [5.41, 5.74) is 0.241. The average Bonchev–Trinajstić information content (AvgIpc) is 2.61. The molecule has 16 heteroatoms. The van der Waals surface area contributed by atoms with Crippen LogP contribution in [0.5, 0.6) is 5.75 Å². The van der Waals surface area contributed by atoms with Crippen molar-refractivity contribution in [3.63, 3.8) is 0 Å². The molecule has 0 amide bonds. The summed E-state index contributed by atoms with van der Waals surface area (Å²) in [6.07, 6.45) is -0.280. The third kappa shape index (κ3) is 6.79. The number of benzene rings is 2. The van der Waals surface area contributed by atoms with E-state index in [2.05, 4.69) is 22.6 Å². The SMILES string of the molecule is COC(=O)Cc1c(I)c(I)c(I)c(I)c1S(=O)(=O)Oc1cc(I)c(S(=O)(=O)[O-])c(I)c1. The molecule has 0 heterocycles. The van der Waals surface area contributed by atoms with Crippen LogP contribution >= 0.6 is 136 Å². The van der Waals surface area contributed by atoms with Crippen molar-refractivity contribution in [2.24, 2.45) is 0 Å². The van der Waals surface area contributed by atoms with Crippen molar-refractivity contribution >= 4 is 162 Å². The lowest BCUT2D eigenvalue weighted by molar-refractivity contribution is -0.139. The Morgan fingerprint density at radius 3 is 1.81 bits per heavy atom. The molecule has 0 saturated carbocycles. The summed E-state index contributed by atoms with van der Waals surface area (Å²) in [4.78, 5) is 11.3. The number of halogens is 6. The second-order valence-electron chi connectivity index (χ2n) is 5.52. The van der Waals surface area contributed by atoms with Crippen molar-refractivity contribution in [2.75, 3.05) is 7.11 Å². The van der Waals surface area contributed by atoms with Gasteiger partial charge in [-0.25, -0.2) is 8.42 Å². The number of carbonyl (C=O) groups is 1. The van der Waals surface area contributed by atoms with E-state index in [1.807, 2.05) is 67.8 Å². The van der Waals surface area contributed by atoms with Gasteiger partial charge in [-0.05, 0) is 148 Å². The number of esters is 1. The standard InChI is InChI=1S/C15H8I6O8S2/c1-28-9(22)4-6-10(18)11(19)12(20)13(21)14(6)31(26,27)29-5-2-7(16)15(8(17)3-5)30(23,24)25/h2-3H,4H2,1H3,(H,23,24,25)/p-1. The van der Waals surface area contributed by atoms with Crippen molar-refractivity contribution in [3.05, 3.63) is 39.1 Å². The lowest BCUT2D eigenvalue weighted by Crippen LogP contribution is -2.19. The van der Waals surface area contributed by atoms with Gasteiger partial charge in [0.15, 0.2) is 0 Å². The molecule has 2 aromatic rings. The zero-order chi connectivity index (χ0) is 23.9. The largest absolute Gasteiger partial charge is 0.744 e. The van der Waals surface area contributed by atoms with Crippen LogP contribution in [0.4, 0.5) is 0 Å². The van der Waals surface area contributed by atoms with Gasteiger partial charge in [-0.3, -0.25) is 4.79 Å². The minimum Gasteiger partial charge on any atom is -0.744 e. The Bertz CT molecular complexity index is 1270. The maximum Gasteiger partial charge on any atom is 0.340 e. The van der Waals surface area contributed by atoms with E-state index in [4.69, 9.17) is 8.92 Å². The lowest BCUT2D eigenvalue weighted by atomic mass is 10.1. The van der Waals surface area contributed by atoms with E-state index < -0.39 is 31.1 Å². The highest BCUT2D eigenvalue weighted by atomic mass is 127. The van der Waals surface area contributed by atoms with Crippen LogP contribution in [0.15, 0.2) is 21.9 Å². The number of hydrogen-bond donors (Lipinski definition) is 0. The van der Waals surface area contributed by atoms with E-state index in [9.17, 15) is 26.2 Å². The second kappa shape index (κ2) is 11.3. The first-order chi connectivity index (χ1) is 14.1. The lowest BCUT2D eigenvalue weighted by Gasteiger charge is -2.18. The molecule has 0 aromatic heterocycles. The Balaban J connectivity index is 2.70. The Hall–Kier alpha value is 1.95. The summed E-state index contributed by atoms with van der Waals surface area (Å²) < 4.78 is 73.4. The fraction of sp³-hybridized carbons (Fsp3) is 0.133. The Labute approximate surface area is 260 Å². The molecule has 170 valence electrons. The van der Waals surface area contributed by atoms with Crippen LogP contribution in [0.3, 0.4) is 0 Å². The van der Waals surface area contributed by atoms with E-state index in [1.54, 1.807) is 45.2 Å². The Morgan fingerprint density at radius 2 is 1.35 bits per heavy atom. The van der Waals surface area contributed by atoms with Gasteiger partial charge in [0.25, 0.3) is 0 Å². The minimum atomic E-state index is -4.75. The van der Waals surface area contributed by atoms with Crippen LogP contribution in [-0.2, 0) is 36.2 Å². The third-order valence-corrected chi connectivity index (χ3v) is 16.2. The first kappa shape index (κ1) is 29.2. The summed E-state index contributed by atoms with van der Waals surface area (Å²) in [5.74, 6) is -0.777. The van der Waals surface area contributed by atoms with Gasteiger partial charge in [-0.2, -0.15) is 8.42 Å². The molecular weight excluding hydrogens is 1130 g/mol. The van der Waals surface area contributed by atoms with E-state index in [1.165, 1.54) is 7.11 Å². The first-order valence-corrected chi connectivity index (χ1v) is 16.7. The number of methoxy groups -OCH3 is 1. The molecule has 0 radical (unpaired) electrons. The van der Waals surface area contributed by atoms with Crippen molar-refractivity contribution in [1.29, 1.82) is 0 Å². The van der Waals surface area contributed by atoms with Crippen LogP contribution in [0, 0.1) is 21.4 Å². The monoisotopic (exact) mass is 1140 g/mol. The molecule has 0 spiro atoms. The van der Waals surface area contributed by atoms with Gasteiger partial charge in [-0.15, -0.1) is 0 Å². The van der Waals surface area contributed by atoms with Crippen molar-refractivity contribution in [2.45, 2.75) is 16.2 Å². The maximum atomic E-state index is 13.3. The van der Waals surface area contributed by atoms with Crippen LogP contribution in [0.1, 0.15) is 5.56 Å². The fourth-order valence-electron chi connectivity index (χ4n) is 2.28. The molecule has 0 unspecified atom stereocenters. The topological polar surface area (TPSA) is 127 Å². The molecule has 31 heavy (non-hydrogen) atoms. The van der Waals surface area contributed by atoms with E-state index in [0.29, 0.717) is 10.7 Å². The highest BCUT2D eigenvalue weighted by Gasteiger charge is 2.31. The predicted molar refractivity (Wildman–Crippen MR) is 161 cm³/mol. The molecular formula is C15H7I6O8S2-. The molecule has 0 aliphatic heterocycles. The molecule has 2 rings (SSSR count). The maximum absolute atomic E-state index is 13.3. The van der Waals surface area contributed by atoms with Crippen LogP contribution in [0.25, 0.3) is 0 Å². The smallest absolute Gasteiger partial charge is 0.340 e. The summed E-state index contributed by atoms with van der Waals surface area (Å²) in [7, 11) is -7.98. The van der Waals surface area contributed by atoms with Gasteiger partial charge < -0.3 is 13.5 Å². The first-order valence-electron chi connectivity index (χ1n) is 7.42.